The van der Waals surface area contributed by atoms with Gasteiger partial charge in [-0.15, -0.1) is 0 Å². The molecule has 0 radical (unpaired) electrons. The molecule has 1 amide bonds. The van der Waals surface area contributed by atoms with Gasteiger partial charge in [0.25, 0.3) is 11.5 Å². The van der Waals surface area contributed by atoms with Crippen molar-refractivity contribution in [2.45, 2.75) is 13.3 Å². The highest BCUT2D eigenvalue weighted by Gasteiger charge is 2.06. The van der Waals surface area contributed by atoms with Crippen molar-refractivity contribution in [1.82, 2.24) is 10.3 Å². The topological polar surface area (TPSA) is 71.2 Å². The highest BCUT2D eigenvalue weighted by molar-refractivity contribution is 5.79. The summed E-state index contributed by atoms with van der Waals surface area (Å²) < 4.78 is 5.38. The summed E-state index contributed by atoms with van der Waals surface area (Å²) in [5, 5.41) is 3.75. The van der Waals surface area contributed by atoms with E-state index in [2.05, 4.69) is 10.3 Å². The first-order valence-electron chi connectivity index (χ1n) is 8.19. The fraction of sp³-hybridized carbons (Fsp3) is 0.200. The fourth-order valence-electron chi connectivity index (χ4n) is 2.60. The normalized spacial score (nSPS) is 10.6. The molecule has 5 heteroatoms. The molecule has 0 aliphatic heterocycles. The van der Waals surface area contributed by atoms with Crippen LogP contribution in [0.3, 0.4) is 0 Å². The second-order valence-electron chi connectivity index (χ2n) is 5.92. The maximum Gasteiger partial charge on any atom is 0.257 e. The van der Waals surface area contributed by atoms with E-state index in [9.17, 15) is 9.59 Å². The Bertz CT molecular complexity index is 933. The van der Waals surface area contributed by atoms with Gasteiger partial charge in [0, 0.05) is 17.6 Å². The molecule has 3 rings (SSSR count). The lowest BCUT2D eigenvalue weighted by Gasteiger charge is -2.08. The molecule has 0 fully saturated rings. The highest BCUT2D eigenvalue weighted by Crippen LogP contribution is 2.13. The van der Waals surface area contributed by atoms with Crippen LogP contribution < -0.4 is 15.6 Å². The zero-order valence-corrected chi connectivity index (χ0v) is 14.0. The smallest absolute Gasteiger partial charge is 0.257 e. The molecular weight excluding hydrogens is 316 g/mol. The Morgan fingerprint density at radius 2 is 1.92 bits per heavy atom. The van der Waals surface area contributed by atoms with Crippen molar-refractivity contribution in [1.29, 1.82) is 0 Å². The largest absolute Gasteiger partial charge is 0.484 e. The van der Waals surface area contributed by atoms with Gasteiger partial charge in [-0.25, -0.2) is 0 Å². The number of fused-ring (bicyclic) bond motifs is 1. The predicted octanol–water partition coefficient (Wildman–Crippen LogP) is 2.57. The number of aromatic amines is 1. The van der Waals surface area contributed by atoms with E-state index in [-0.39, 0.29) is 18.1 Å². The van der Waals surface area contributed by atoms with Crippen LogP contribution >= 0.6 is 0 Å². The second kappa shape index (κ2) is 7.66. The van der Waals surface area contributed by atoms with Crippen molar-refractivity contribution in [3.8, 4) is 5.75 Å². The lowest BCUT2D eigenvalue weighted by Crippen LogP contribution is -2.31. The van der Waals surface area contributed by atoms with Crippen LogP contribution in [0, 0.1) is 6.92 Å². The maximum absolute atomic E-state index is 12.1. The summed E-state index contributed by atoms with van der Waals surface area (Å²) in [6, 6.07) is 17.0. The van der Waals surface area contributed by atoms with E-state index >= 15 is 0 Å². The molecule has 0 saturated carbocycles. The minimum Gasteiger partial charge on any atom is -0.484 e. The molecule has 0 spiro atoms. The minimum absolute atomic E-state index is 0.0443. The van der Waals surface area contributed by atoms with Crippen molar-refractivity contribution in [3.05, 3.63) is 76.1 Å². The van der Waals surface area contributed by atoms with E-state index in [0.29, 0.717) is 24.3 Å². The molecule has 5 nitrogen and oxygen atoms in total. The number of aromatic nitrogens is 1. The molecule has 1 heterocycles. The summed E-state index contributed by atoms with van der Waals surface area (Å²) >= 11 is 0. The molecule has 2 aromatic carbocycles. The highest BCUT2D eigenvalue weighted by atomic mass is 16.5. The Kier molecular flexibility index (Phi) is 5.14. The third kappa shape index (κ3) is 4.47. The number of pyridine rings is 1. The van der Waals surface area contributed by atoms with Crippen LogP contribution in [0.5, 0.6) is 5.75 Å². The summed E-state index contributed by atoms with van der Waals surface area (Å²) in [5.41, 5.74) is 2.46. The molecule has 3 aromatic rings. The third-order valence-electron chi connectivity index (χ3n) is 3.91. The summed E-state index contributed by atoms with van der Waals surface area (Å²) in [4.78, 5) is 26.8. The molecule has 25 heavy (non-hydrogen) atoms. The first-order valence-corrected chi connectivity index (χ1v) is 8.19. The number of rotatable bonds is 6. The van der Waals surface area contributed by atoms with Gasteiger partial charge in [-0.3, -0.25) is 9.59 Å². The number of carbonyl (C=O) groups is 1. The van der Waals surface area contributed by atoms with Crippen molar-refractivity contribution >= 4 is 16.8 Å². The van der Waals surface area contributed by atoms with E-state index < -0.39 is 0 Å². The molecule has 0 aliphatic carbocycles. The summed E-state index contributed by atoms with van der Waals surface area (Å²) in [5.74, 6) is 0.440. The van der Waals surface area contributed by atoms with Crippen molar-refractivity contribution < 1.29 is 9.53 Å². The molecule has 0 unspecified atom stereocenters. The van der Waals surface area contributed by atoms with Crippen molar-refractivity contribution in [3.63, 3.8) is 0 Å². The number of hydrogen-bond donors (Lipinski definition) is 2. The van der Waals surface area contributed by atoms with Crippen molar-refractivity contribution in [2.75, 3.05) is 13.2 Å². The second-order valence-corrected chi connectivity index (χ2v) is 5.92. The van der Waals surface area contributed by atoms with Crippen LogP contribution in [-0.4, -0.2) is 24.0 Å². The summed E-state index contributed by atoms with van der Waals surface area (Å²) in [6.45, 7) is 2.33. The lowest BCUT2D eigenvalue weighted by molar-refractivity contribution is -0.123. The zero-order valence-electron chi connectivity index (χ0n) is 14.0. The number of benzene rings is 2. The Hall–Kier alpha value is -3.08. The lowest BCUT2D eigenvalue weighted by atomic mass is 10.1. The van der Waals surface area contributed by atoms with Crippen LogP contribution in [0.4, 0.5) is 0 Å². The molecule has 1 aromatic heterocycles. The van der Waals surface area contributed by atoms with E-state index in [0.717, 1.165) is 16.5 Å². The van der Waals surface area contributed by atoms with Gasteiger partial charge in [-0.1, -0.05) is 30.3 Å². The number of para-hydroxylation sites is 1. The van der Waals surface area contributed by atoms with Crippen LogP contribution in [0.1, 0.15) is 11.1 Å². The van der Waals surface area contributed by atoms with Crippen molar-refractivity contribution in [2.24, 2.45) is 0 Å². The van der Waals surface area contributed by atoms with E-state index in [4.69, 9.17) is 4.74 Å². The maximum atomic E-state index is 12.1. The van der Waals surface area contributed by atoms with Gasteiger partial charge in [0.05, 0.1) is 0 Å². The Morgan fingerprint density at radius 3 is 2.72 bits per heavy atom. The molecule has 128 valence electrons. The first-order chi connectivity index (χ1) is 12.1. The summed E-state index contributed by atoms with van der Waals surface area (Å²) in [6.07, 6.45) is 0.468. The van der Waals surface area contributed by atoms with Gasteiger partial charge in [0.1, 0.15) is 5.75 Å². The Balaban J connectivity index is 1.54. The van der Waals surface area contributed by atoms with Gasteiger partial charge in [-0.05, 0) is 48.6 Å². The van der Waals surface area contributed by atoms with E-state index in [1.807, 2.05) is 49.4 Å². The molecule has 0 atom stereocenters. The van der Waals surface area contributed by atoms with Crippen LogP contribution in [0.15, 0.2) is 59.4 Å². The van der Waals surface area contributed by atoms with Gasteiger partial charge < -0.3 is 15.0 Å². The quantitative estimate of drug-likeness (QED) is 0.727. The number of amides is 1. The Morgan fingerprint density at radius 1 is 1.12 bits per heavy atom. The molecular formula is C20H20N2O3. The van der Waals surface area contributed by atoms with E-state index in [1.165, 1.54) is 0 Å². The minimum atomic E-state index is -0.211. The molecule has 0 aliphatic rings. The number of aryl methyl sites for hydroxylation is 1. The fourth-order valence-corrected chi connectivity index (χ4v) is 2.60. The van der Waals surface area contributed by atoms with Gasteiger partial charge in [0.2, 0.25) is 0 Å². The van der Waals surface area contributed by atoms with E-state index in [1.54, 1.807) is 12.1 Å². The number of nitrogens with one attached hydrogen (secondary N) is 2. The first kappa shape index (κ1) is 16.8. The molecule has 2 N–H and O–H groups in total. The van der Waals surface area contributed by atoms with Gasteiger partial charge in [-0.2, -0.15) is 0 Å². The van der Waals surface area contributed by atoms with Crippen LogP contribution in [0.2, 0.25) is 0 Å². The number of H-pyrrole nitrogens is 1. The SMILES string of the molecule is Cc1ccc2cc(CCNC(=O)COc3ccccc3)c(=O)[nH]c2c1. The number of ether oxygens (including phenoxy) is 1. The van der Waals surface area contributed by atoms with Crippen LogP contribution in [-0.2, 0) is 11.2 Å². The Labute approximate surface area is 145 Å². The monoisotopic (exact) mass is 336 g/mol. The number of carbonyl (C=O) groups excluding carboxylic acids is 1. The third-order valence-corrected chi connectivity index (χ3v) is 3.91. The molecule has 0 bridgehead atoms. The average molecular weight is 336 g/mol. The molecule has 0 saturated heterocycles. The standard InChI is InChI=1S/C20H20N2O3/c1-14-7-8-15-12-16(20(24)22-18(15)11-14)9-10-21-19(23)13-25-17-5-3-2-4-6-17/h2-8,11-12H,9-10,13H2,1H3,(H,21,23)(H,22,24). The van der Waals surface area contributed by atoms with Crippen LogP contribution in [0.25, 0.3) is 10.9 Å². The predicted molar refractivity (Wildman–Crippen MR) is 98.0 cm³/mol. The average Bonchev–Trinajstić information content (AvgIpc) is 2.61. The number of hydrogen-bond acceptors (Lipinski definition) is 3. The van der Waals surface area contributed by atoms with Gasteiger partial charge >= 0.3 is 0 Å². The zero-order chi connectivity index (χ0) is 17.6. The van der Waals surface area contributed by atoms with Gasteiger partial charge in [0.15, 0.2) is 6.61 Å². The summed E-state index contributed by atoms with van der Waals surface area (Å²) in [7, 11) is 0.